The predicted octanol–water partition coefficient (Wildman–Crippen LogP) is 5.07. The molecule has 4 aromatic rings. The minimum Gasteiger partial charge on any atom is -0.461 e. The highest BCUT2D eigenvalue weighted by molar-refractivity contribution is 6.00. The highest BCUT2D eigenvalue weighted by atomic mass is 19.1. The molecule has 3 saturated heterocycles. The molecule has 10 nitrogen and oxygen atoms in total. The molecule has 236 valence electrons. The van der Waals surface area contributed by atoms with Gasteiger partial charge in [0.2, 0.25) is 0 Å². The van der Waals surface area contributed by atoms with Crippen molar-refractivity contribution in [1.29, 1.82) is 0 Å². The third kappa shape index (κ3) is 5.48. The maximum absolute atomic E-state index is 16.7. The average molecular weight is 623 g/mol. The molecule has 0 radical (unpaired) electrons. The third-order valence-electron chi connectivity index (χ3n) is 9.19. The monoisotopic (exact) mass is 622 g/mol. The Morgan fingerprint density at radius 2 is 2.04 bits per heavy atom. The van der Waals surface area contributed by atoms with E-state index >= 15 is 8.78 Å². The SMILES string of the molecule is O=C(O)OCCc1c(F)ccc2cccc(-c3ncc4c(N5CCCNC5)nc(OC[C@@]56CCCN5C[C@H](F)C6)nc4c3F)c12. The Balaban J connectivity index is 1.33. The van der Waals surface area contributed by atoms with E-state index in [1.807, 2.05) is 4.90 Å². The van der Waals surface area contributed by atoms with Crippen molar-refractivity contribution in [3.8, 4) is 17.3 Å². The molecule has 3 aliphatic rings. The van der Waals surface area contributed by atoms with Gasteiger partial charge < -0.3 is 19.5 Å². The number of rotatable bonds is 8. The van der Waals surface area contributed by atoms with Crippen LogP contribution in [0.4, 0.5) is 23.8 Å². The van der Waals surface area contributed by atoms with E-state index in [1.54, 1.807) is 24.3 Å². The molecule has 5 heterocycles. The van der Waals surface area contributed by atoms with Crippen LogP contribution in [0.5, 0.6) is 6.01 Å². The van der Waals surface area contributed by atoms with Crippen LogP contribution in [0.15, 0.2) is 36.5 Å². The highest BCUT2D eigenvalue weighted by Crippen LogP contribution is 2.41. The van der Waals surface area contributed by atoms with E-state index in [2.05, 4.69) is 24.9 Å². The topological polar surface area (TPSA) is 113 Å². The molecule has 45 heavy (non-hydrogen) atoms. The number of ether oxygens (including phenoxy) is 2. The lowest BCUT2D eigenvalue weighted by Crippen LogP contribution is -2.44. The molecule has 3 fully saturated rings. The standard InChI is InChI=1S/C32H33F3N6O4/c33-20-14-32(9-2-12-41(32)16-20)17-45-30-38-28-23(29(39-30)40-11-3-10-36-18-40)15-37-27(26(28)35)22-5-1-4-19-6-7-24(34)21(25(19)22)8-13-44-31(42)43/h1,4-7,15,20,36H,2-3,8-14,16-18H2,(H,42,43)/t20-,32+/m1/s1. The summed E-state index contributed by atoms with van der Waals surface area (Å²) >= 11 is 0. The molecule has 0 unspecified atom stereocenters. The average Bonchev–Trinajstić information content (AvgIpc) is 3.57. The summed E-state index contributed by atoms with van der Waals surface area (Å²) in [5.41, 5.74) is 0.0636. The Hall–Kier alpha value is -4.23. The minimum atomic E-state index is -1.46. The van der Waals surface area contributed by atoms with Crippen LogP contribution in [0.25, 0.3) is 32.9 Å². The maximum atomic E-state index is 16.7. The Morgan fingerprint density at radius 1 is 1.16 bits per heavy atom. The predicted molar refractivity (Wildman–Crippen MR) is 161 cm³/mol. The van der Waals surface area contributed by atoms with Crippen molar-refractivity contribution < 1.29 is 32.5 Å². The normalized spacial score (nSPS) is 21.8. The van der Waals surface area contributed by atoms with Crippen LogP contribution < -0.4 is 15.0 Å². The van der Waals surface area contributed by atoms with Crippen LogP contribution in [0.1, 0.15) is 31.2 Å². The van der Waals surface area contributed by atoms with Crippen molar-refractivity contribution in [2.75, 3.05) is 51.0 Å². The fourth-order valence-electron chi connectivity index (χ4n) is 7.14. The quantitative estimate of drug-likeness (QED) is 0.258. The largest absolute Gasteiger partial charge is 0.505 e. The number of anilines is 1. The second-order valence-electron chi connectivity index (χ2n) is 11.9. The van der Waals surface area contributed by atoms with Gasteiger partial charge in [-0.1, -0.05) is 24.3 Å². The molecule has 0 amide bonds. The van der Waals surface area contributed by atoms with E-state index in [0.29, 0.717) is 53.7 Å². The number of benzene rings is 2. The van der Waals surface area contributed by atoms with Gasteiger partial charge in [-0.3, -0.25) is 15.2 Å². The van der Waals surface area contributed by atoms with Gasteiger partial charge in [-0.25, -0.2) is 18.0 Å². The molecule has 2 N–H and O–H groups in total. The number of carbonyl (C=O) groups is 1. The molecular formula is C32H33F3N6O4. The zero-order valence-corrected chi connectivity index (χ0v) is 24.6. The maximum Gasteiger partial charge on any atom is 0.505 e. The summed E-state index contributed by atoms with van der Waals surface area (Å²) in [5, 5.41) is 13.7. The van der Waals surface area contributed by atoms with Crippen LogP contribution in [-0.2, 0) is 11.2 Å². The summed E-state index contributed by atoms with van der Waals surface area (Å²) in [6.45, 7) is 3.16. The minimum absolute atomic E-state index is 0.00173. The molecule has 2 aromatic heterocycles. The van der Waals surface area contributed by atoms with Gasteiger partial charge in [-0.05, 0) is 54.8 Å². The van der Waals surface area contributed by atoms with Crippen LogP contribution in [0, 0.1) is 11.6 Å². The first-order valence-electron chi connectivity index (χ1n) is 15.2. The van der Waals surface area contributed by atoms with Crippen LogP contribution in [0.2, 0.25) is 0 Å². The van der Waals surface area contributed by atoms with Crippen molar-refractivity contribution >= 4 is 33.6 Å². The van der Waals surface area contributed by atoms with E-state index in [9.17, 15) is 9.18 Å². The smallest absolute Gasteiger partial charge is 0.461 e. The molecule has 2 aromatic carbocycles. The molecule has 13 heteroatoms. The second kappa shape index (κ2) is 11.9. The molecule has 7 rings (SSSR count). The first kappa shape index (κ1) is 29.5. The lowest BCUT2D eigenvalue weighted by Gasteiger charge is -2.31. The Morgan fingerprint density at radius 3 is 2.87 bits per heavy atom. The molecule has 2 atom stereocenters. The first-order chi connectivity index (χ1) is 21.8. The van der Waals surface area contributed by atoms with E-state index in [-0.39, 0.29) is 42.4 Å². The molecule has 0 aliphatic carbocycles. The molecule has 0 spiro atoms. The van der Waals surface area contributed by atoms with Crippen molar-refractivity contribution in [3.63, 3.8) is 0 Å². The van der Waals surface area contributed by atoms with Crippen LogP contribution >= 0.6 is 0 Å². The van der Waals surface area contributed by atoms with Crippen LogP contribution in [-0.4, -0.2) is 88.9 Å². The molecular weight excluding hydrogens is 589 g/mol. The number of halogens is 3. The van der Waals surface area contributed by atoms with Crippen LogP contribution in [0.3, 0.4) is 0 Å². The first-order valence-corrected chi connectivity index (χ1v) is 15.2. The summed E-state index contributed by atoms with van der Waals surface area (Å²) in [7, 11) is 0. The third-order valence-corrected chi connectivity index (χ3v) is 9.19. The van der Waals surface area contributed by atoms with Crippen molar-refractivity contribution in [3.05, 3.63) is 53.7 Å². The van der Waals surface area contributed by atoms with Gasteiger partial charge in [0, 0.05) is 37.7 Å². The Labute approximate surface area is 257 Å². The number of carboxylic acid groups (broad SMARTS) is 1. The zero-order valence-electron chi connectivity index (χ0n) is 24.6. The Bertz CT molecular complexity index is 1770. The summed E-state index contributed by atoms with van der Waals surface area (Å²) in [4.78, 5) is 28.8. The molecule has 0 saturated carbocycles. The zero-order chi connectivity index (χ0) is 31.1. The number of hydrogen-bond acceptors (Lipinski definition) is 9. The number of nitrogens with one attached hydrogen (secondary N) is 1. The van der Waals surface area contributed by atoms with E-state index < -0.39 is 29.5 Å². The summed E-state index contributed by atoms with van der Waals surface area (Å²) < 4.78 is 57.1. The van der Waals surface area contributed by atoms with Gasteiger partial charge >= 0.3 is 12.2 Å². The second-order valence-corrected chi connectivity index (χ2v) is 11.9. The van der Waals surface area contributed by atoms with E-state index in [4.69, 9.17) is 14.8 Å². The van der Waals surface area contributed by atoms with Gasteiger partial charge in [0.1, 0.15) is 35.6 Å². The number of fused-ring (bicyclic) bond motifs is 3. The summed E-state index contributed by atoms with van der Waals surface area (Å²) in [6, 6.07) is 8.02. The lowest BCUT2D eigenvalue weighted by atomic mass is 9.94. The van der Waals surface area contributed by atoms with E-state index in [0.717, 1.165) is 32.4 Å². The van der Waals surface area contributed by atoms with Crippen molar-refractivity contribution in [2.45, 2.75) is 43.8 Å². The van der Waals surface area contributed by atoms with Gasteiger partial charge in [0.25, 0.3) is 0 Å². The fraction of sp³-hybridized carbons (Fsp3) is 0.438. The van der Waals surface area contributed by atoms with Crippen molar-refractivity contribution in [2.24, 2.45) is 0 Å². The van der Waals surface area contributed by atoms with Gasteiger partial charge in [-0.15, -0.1) is 0 Å². The number of hydrogen-bond donors (Lipinski definition) is 2. The lowest BCUT2D eigenvalue weighted by molar-refractivity contribution is 0.0925. The highest BCUT2D eigenvalue weighted by Gasteiger charge is 2.49. The van der Waals surface area contributed by atoms with E-state index in [1.165, 1.54) is 12.3 Å². The summed E-state index contributed by atoms with van der Waals surface area (Å²) in [5.74, 6) is -0.808. The van der Waals surface area contributed by atoms with Gasteiger partial charge in [0.15, 0.2) is 5.82 Å². The number of aromatic nitrogens is 3. The Kier molecular flexibility index (Phi) is 7.82. The number of nitrogens with zero attached hydrogens (tertiary/aromatic N) is 5. The van der Waals surface area contributed by atoms with Gasteiger partial charge in [0.05, 0.1) is 24.2 Å². The number of pyridine rings is 1. The molecule has 3 aliphatic heterocycles. The van der Waals surface area contributed by atoms with Crippen molar-refractivity contribution in [1.82, 2.24) is 25.2 Å². The van der Waals surface area contributed by atoms with Gasteiger partial charge in [-0.2, -0.15) is 9.97 Å². The number of alkyl halides is 1. The summed E-state index contributed by atoms with van der Waals surface area (Å²) in [6.07, 6.45) is 2.10. The molecule has 0 bridgehead atoms. The fourth-order valence-corrected chi connectivity index (χ4v) is 7.14.